The molecule has 0 spiro atoms. The van der Waals surface area contributed by atoms with E-state index in [4.69, 9.17) is 4.42 Å². The van der Waals surface area contributed by atoms with Crippen LogP contribution >= 0.6 is 0 Å². The highest BCUT2D eigenvalue weighted by molar-refractivity contribution is 5.98. The fraction of sp³-hybridized carbons (Fsp3) is 0.188. The first-order valence-electron chi connectivity index (χ1n) is 6.55. The number of aromatic amines is 1. The second kappa shape index (κ2) is 4.89. The van der Waals surface area contributed by atoms with Crippen LogP contribution in [0.4, 0.5) is 0 Å². The van der Waals surface area contributed by atoms with Gasteiger partial charge in [0.1, 0.15) is 17.2 Å². The van der Waals surface area contributed by atoms with E-state index in [-0.39, 0.29) is 5.91 Å². The van der Waals surface area contributed by atoms with Crippen LogP contribution in [0.15, 0.2) is 40.8 Å². The van der Waals surface area contributed by atoms with Gasteiger partial charge in [-0.1, -0.05) is 11.6 Å². The second-order valence-corrected chi connectivity index (χ2v) is 4.97. The first-order chi connectivity index (χ1) is 9.61. The predicted octanol–water partition coefficient (Wildman–Crippen LogP) is 3.31. The van der Waals surface area contributed by atoms with E-state index in [1.807, 2.05) is 44.2 Å². The molecule has 3 aromatic rings. The smallest absolute Gasteiger partial charge is 0.268 e. The summed E-state index contributed by atoms with van der Waals surface area (Å²) >= 11 is 0. The molecule has 0 radical (unpaired) electrons. The van der Waals surface area contributed by atoms with Gasteiger partial charge in [0, 0.05) is 10.9 Å². The summed E-state index contributed by atoms with van der Waals surface area (Å²) in [5, 5.41) is 3.89. The minimum absolute atomic E-state index is 0.132. The van der Waals surface area contributed by atoms with E-state index < -0.39 is 0 Å². The fourth-order valence-electron chi connectivity index (χ4n) is 2.22. The monoisotopic (exact) mass is 268 g/mol. The van der Waals surface area contributed by atoms with Crippen LogP contribution in [0.5, 0.6) is 0 Å². The number of hydrogen-bond donors (Lipinski definition) is 2. The van der Waals surface area contributed by atoms with Gasteiger partial charge in [-0.15, -0.1) is 0 Å². The lowest BCUT2D eigenvalue weighted by molar-refractivity contribution is 0.0943. The predicted molar refractivity (Wildman–Crippen MR) is 77.7 cm³/mol. The number of aromatic nitrogens is 1. The summed E-state index contributed by atoms with van der Waals surface area (Å²) in [5.41, 5.74) is 2.71. The third kappa shape index (κ3) is 2.45. The van der Waals surface area contributed by atoms with Crippen LogP contribution in [-0.2, 0) is 6.54 Å². The van der Waals surface area contributed by atoms with Crippen molar-refractivity contribution in [1.29, 1.82) is 0 Å². The maximum absolute atomic E-state index is 12.1. The molecule has 0 bridgehead atoms. The number of carbonyl (C=O) groups is 1. The largest absolute Gasteiger partial charge is 0.465 e. The second-order valence-electron chi connectivity index (χ2n) is 4.97. The van der Waals surface area contributed by atoms with Gasteiger partial charge in [0.2, 0.25) is 0 Å². The zero-order chi connectivity index (χ0) is 14.1. The van der Waals surface area contributed by atoms with Gasteiger partial charge in [0.25, 0.3) is 5.91 Å². The molecular formula is C16H16N2O2. The van der Waals surface area contributed by atoms with Crippen molar-refractivity contribution < 1.29 is 9.21 Å². The Balaban J connectivity index is 1.75. The summed E-state index contributed by atoms with van der Waals surface area (Å²) in [4.78, 5) is 15.2. The van der Waals surface area contributed by atoms with Gasteiger partial charge in [-0.05, 0) is 44.2 Å². The number of benzene rings is 1. The van der Waals surface area contributed by atoms with E-state index in [1.165, 1.54) is 5.56 Å². The van der Waals surface area contributed by atoms with Crippen LogP contribution in [0.2, 0.25) is 0 Å². The molecule has 102 valence electrons. The lowest BCUT2D eigenvalue weighted by Crippen LogP contribution is -2.22. The van der Waals surface area contributed by atoms with Gasteiger partial charge in [-0.3, -0.25) is 4.79 Å². The van der Waals surface area contributed by atoms with Crippen molar-refractivity contribution in [3.8, 4) is 0 Å². The molecule has 2 aromatic heterocycles. The first-order valence-corrected chi connectivity index (χ1v) is 6.55. The molecular weight excluding hydrogens is 252 g/mol. The van der Waals surface area contributed by atoms with Crippen molar-refractivity contribution in [2.24, 2.45) is 0 Å². The van der Waals surface area contributed by atoms with Gasteiger partial charge in [0.05, 0.1) is 6.54 Å². The Morgan fingerprint density at radius 1 is 1.20 bits per heavy atom. The first kappa shape index (κ1) is 12.5. The van der Waals surface area contributed by atoms with Gasteiger partial charge in [0.15, 0.2) is 0 Å². The number of amides is 1. The van der Waals surface area contributed by atoms with E-state index in [9.17, 15) is 4.79 Å². The Morgan fingerprint density at radius 3 is 2.80 bits per heavy atom. The van der Waals surface area contributed by atoms with Crippen LogP contribution < -0.4 is 5.32 Å². The Morgan fingerprint density at radius 2 is 2.05 bits per heavy atom. The number of hydrogen-bond acceptors (Lipinski definition) is 2. The summed E-state index contributed by atoms with van der Waals surface area (Å²) in [6.07, 6.45) is 0. The van der Waals surface area contributed by atoms with Crippen LogP contribution in [0, 0.1) is 13.8 Å². The third-order valence-corrected chi connectivity index (χ3v) is 3.24. The summed E-state index contributed by atoms with van der Waals surface area (Å²) in [6, 6.07) is 11.7. The van der Waals surface area contributed by atoms with Crippen molar-refractivity contribution in [3.63, 3.8) is 0 Å². The molecule has 3 rings (SSSR count). The Labute approximate surface area is 116 Å². The highest BCUT2D eigenvalue weighted by atomic mass is 16.3. The normalized spacial score (nSPS) is 10.9. The van der Waals surface area contributed by atoms with Crippen molar-refractivity contribution >= 4 is 16.8 Å². The number of carbonyl (C=O) groups excluding carboxylic acids is 1. The van der Waals surface area contributed by atoms with Gasteiger partial charge >= 0.3 is 0 Å². The zero-order valence-electron chi connectivity index (χ0n) is 11.5. The Hall–Kier alpha value is -2.49. The molecule has 1 aromatic carbocycles. The third-order valence-electron chi connectivity index (χ3n) is 3.24. The number of furan rings is 1. The van der Waals surface area contributed by atoms with Crippen LogP contribution in [0.3, 0.4) is 0 Å². The zero-order valence-corrected chi connectivity index (χ0v) is 11.5. The van der Waals surface area contributed by atoms with Crippen LogP contribution in [0.1, 0.15) is 27.6 Å². The van der Waals surface area contributed by atoms with E-state index in [2.05, 4.69) is 16.4 Å². The Kier molecular flexibility index (Phi) is 3.06. The van der Waals surface area contributed by atoms with Crippen LogP contribution in [0.25, 0.3) is 10.9 Å². The fourth-order valence-corrected chi connectivity index (χ4v) is 2.22. The standard InChI is InChI=1S/C16H16N2O2/c1-10-3-6-14-12(7-10)8-15(18-14)16(19)17-9-13-5-4-11(2)20-13/h3-8,18H,9H2,1-2H3,(H,17,19). The molecule has 0 atom stereocenters. The maximum Gasteiger partial charge on any atom is 0.268 e. The van der Waals surface area contributed by atoms with E-state index in [0.29, 0.717) is 12.2 Å². The molecule has 4 heteroatoms. The van der Waals surface area contributed by atoms with Crippen molar-refractivity contribution in [1.82, 2.24) is 10.3 Å². The number of H-pyrrole nitrogens is 1. The van der Waals surface area contributed by atoms with E-state index >= 15 is 0 Å². The summed E-state index contributed by atoms with van der Waals surface area (Å²) < 4.78 is 5.42. The molecule has 2 N–H and O–H groups in total. The van der Waals surface area contributed by atoms with Crippen LogP contribution in [-0.4, -0.2) is 10.9 Å². The molecule has 0 aliphatic carbocycles. The van der Waals surface area contributed by atoms with Crippen molar-refractivity contribution in [3.05, 3.63) is 59.2 Å². The Bertz CT molecular complexity index is 768. The summed E-state index contributed by atoms with van der Waals surface area (Å²) in [5.74, 6) is 1.46. The highest BCUT2D eigenvalue weighted by Gasteiger charge is 2.10. The van der Waals surface area contributed by atoms with Crippen molar-refractivity contribution in [2.75, 3.05) is 0 Å². The number of nitrogens with one attached hydrogen (secondary N) is 2. The number of fused-ring (bicyclic) bond motifs is 1. The quantitative estimate of drug-likeness (QED) is 0.765. The van der Waals surface area contributed by atoms with Crippen molar-refractivity contribution in [2.45, 2.75) is 20.4 Å². The van der Waals surface area contributed by atoms with E-state index in [1.54, 1.807) is 0 Å². The van der Waals surface area contributed by atoms with Gasteiger partial charge in [-0.25, -0.2) is 0 Å². The molecule has 0 saturated carbocycles. The van der Waals surface area contributed by atoms with E-state index in [0.717, 1.165) is 22.4 Å². The number of rotatable bonds is 3. The molecule has 0 unspecified atom stereocenters. The molecule has 0 aliphatic heterocycles. The maximum atomic E-state index is 12.1. The molecule has 1 amide bonds. The summed E-state index contributed by atoms with van der Waals surface area (Å²) in [6.45, 7) is 4.30. The molecule has 0 saturated heterocycles. The SMILES string of the molecule is Cc1ccc2[nH]c(C(=O)NCc3ccc(C)o3)cc2c1. The molecule has 0 aliphatic rings. The van der Waals surface area contributed by atoms with Gasteiger partial charge in [-0.2, -0.15) is 0 Å². The lowest BCUT2D eigenvalue weighted by atomic mass is 10.2. The minimum atomic E-state index is -0.132. The minimum Gasteiger partial charge on any atom is -0.465 e. The molecule has 20 heavy (non-hydrogen) atoms. The number of aryl methyl sites for hydroxylation is 2. The lowest BCUT2D eigenvalue weighted by Gasteiger charge is -2.00. The van der Waals surface area contributed by atoms with Gasteiger partial charge < -0.3 is 14.7 Å². The molecule has 2 heterocycles. The average Bonchev–Trinajstić information content (AvgIpc) is 3.01. The topological polar surface area (TPSA) is 58.0 Å². The highest BCUT2D eigenvalue weighted by Crippen LogP contribution is 2.17. The molecule has 4 nitrogen and oxygen atoms in total. The summed E-state index contributed by atoms with van der Waals surface area (Å²) in [7, 11) is 0. The molecule has 0 fully saturated rings. The average molecular weight is 268 g/mol.